The largest absolute Gasteiger partial charge is 0.497 e. The Kier molecular flexibility index (Phi) is 5.20. The molecular formula is C13H18F3NO2. The standard InChI is InChI=1S/C13H18F3NO2/c1-3-4-11(18)12(17)9-6-5-8(19-2)7-10(9)13(14,15)16/h5-7,11-12,18H,3-4,17H2,1-2H3/t11-,12+/m1/s1. The fourth-order valence-electron chi connectivity index (χ4n) is 1.88. The summed E-state index contributed by atoms with van der Waals surface area (Å²) >= 11 is 0. The number of rotatable bonds is 5. The molecule has 3 nitrogen and oxygen atoms in total. The first kappa shape index (κ1) is 15.8. The lowest BCUT2D eigenvalue weighted by atomic mass is 9.94. The van der Waals surface area contributed by atoms with Crippen molar-refractivity contribution in [2.45, 2.75) is 38.1 Å². The molecule has 2 atom stereocenters. The summed E-state index contributed by atoms with van der Waals surface area (Å²) in [6, 6.07) is 2.49. The summed E-state index contributed by atoms with van der Waals surface area (Å²) < 4.78 is 43.7. The molecule has 19 heavy (non-hydrogen) atoms. The second kappa shape index (κ2) is 6.25. The van der Waals surface area contributed by atoms with Gasteiger partial charge in [0.1, 0.15) is 5.75 Å². The first-order chi connectivity index (χ1) is 8.81. The molecular weight excluding hydrogens is 259 g/mol. The van der Waals surface area contributed by atoms with Crippen LogP contribution in [0.15, 0.2) is 18.2 Å². The van der Waals surface area contributed by atoms with E-state index in [1.165, 1.54) is 19.2 Å². The summed E-state index contributed by atoms with van der Waals surface area (Å²) in [7, 11) is 1.29. The predicted octanol–water partition coefficient (Wildman–Crippen LogP) is 2.87. The van der Waals surface area contributed by atoms with Gasteiger partial charge in [-0.3, -0.25) is 0 Å². The van der Waals surface area contributed by atoms with Crippen molar-refractivity contribution in [3.63, 3.8) is 0 Å². The number of hydrogen-bond donors (Lipinski definition) is 2. The highest BCUT2D eigenvalue weighted by Gasteiger charge is 2.36. The number of benzene rings is 1. The summed E-state index contributed by atoms with van der Waals surface area (Å²) in [4.78, 5) is 0. The first-order valence-electron chi connectivity index (χ1n) is 6.00. The van der Waals surface area contributed by atoms with Gasteiger partial charge in [-0.1, -0.05) is 19.4 Å². The van der Waals surface area contributed by atoms with Gasteiger partial charge in [-0.25, -0.2) is 0 Å². The van der Waals surface area contributed by atoms with Gasteiger partial charge >= 0.3 is 6.18 Å². The van der Waals surface area contributed by atoms with Crippen molar-refractivity contribution in [3.05, 3.63) is 29.3 Å². The fourth-order valence-corrected chi connectivity index (χ4v) is 1.88. The number of hydrogen-bond acceptors (Lipinski definition) is 3. The van der Waals surface area contributed by atoms with Crippen LogP contribution < -0.4 is 10.5 Å². The predicted molar refractivity (Wildman–Crippen MR) is 65.8 cm³/mol. The number of aliphatic hydroxyl groups is 1. The third-order valence-electron chi connectivity index (χ3n) is 2.92. The van der Waals surface area contributed by atoms with Crippen LogP contribution in [0.3, 0.4) is 0 Å². The van der Waals surface area contributed by atoms with E-state index in [-0.39, 0.29) is 11.3 Å². The second-order valence-corrected chi connectivity index (χ2v) is 4.33. The molecule has 0 aromatic heterocycles. The monoisotopic (exact) mass is 277 g/mol. The highest BCUT2D eigenvalue weighted by molar-refractivity contribution is 5.39. The Bertz CT molecular complexity index is 421. The third-order valence-corrected chi connectivity index (χ3v) is 2.92. The van der Waals surface area contributed by atoms with Crippen LogP contribution in [0.25, 0.3) is 0 Å². The van der Waals surface area contributed by atoms with E-state index >= 15 is 0 Å². The average Bonchev–Trinajstić information content (AvgIpc) is 2.36. The van der Waals surface area contributed by atoms with Crippen LogP contribution in [-0.2, 0) is 6.18 Å². The van der Waals surface area contributed by atoms with Gasteiger partial charge in [-0.05, 0) is 24.1 Å². The number of aliphatic hydroxyl groups excluding tert-OH is 1. The van der Waals surface area contributed by atoms with Gasteiger partial charge < -0.3 is 15.6 Å². The van der Waals surface area contributed by atoms with Crippen LogP contribution in [0.2, 0.25) is 0 Å². The van der Waals surface area contributed by atoms with Crippen LogP contribution in [0.1, 0.15) is 36.9 Å². The maximum Gasteiger partial charge on any atom is 0.416 e. The summed E-state index contributed by atoms with van der Waals surface area (Å²) in [6.45, 7) is 1.83. The average molecular weight is 277 g/mol. The van der Waals surface area contributed by atoms with E-state index in [4.69, 9.17) is 10.5 Å². The molecule has 0 saturated heterocycles. The van der Waals surface area contributed by atoms with E-state index in [0.717, 1.165) is 6.07 Å². The van der Waals surface area contributed by atoms with Crippen LogP contribution in [0, 0.1) is 0 Å². The van der Waals surface area contributed by atoms with Gasteiger partial charge in [0.2, 0.25) is 0 Å². The van der Waals surface area contributed by atoms with Gasteiger partial charge in [-0.15, -0.1) is 0 Å². The lowest BCUT2D eigenvalue weighted by Crippen LogP contribution is -2.28. The van der Waals surface area contributed by atoms with Crippen molar-refractivity contribution in [1.29, 1.82) is 0 Å². The van der Waals surface area contributed by atoms with E-state index in [9.17, 15) is 18.3 Å². The third kappa shape index (κ3) is 3.84. The molecule has 0 bridgehead atoms. The molecule has 1 aromatic rings. The summed E-state index contributed by atoms with van der Waals surface area (Å²) in [6.07, 6.45) is -4.54. The molecule has 0 fully saturated rings. The molecule has 0 aliphatic heterocycles. The first-order valence-corrected chi connectivity index (χ1v) is 6.00. The molecule has 108 valence electrons. The topological polar surface area (TPSA) is 55.5 Å². The van der Waals surface area contributed by atoms with E-state index < -0.39 is 23.9 Å². The van der Waals surface area contributed by atoms with Crippen molar-refractivity contribution in [3.8, 4) is 5.75 Å². The smallest absolute Gasteiger partial charge is 0.416 e. The summed E-state index contributed by atoms with van der Waals surface area (Å²) in [5, 5.41) is 9.76. The minimum atomic E-state index is -4.53. The molecule has 0 heterocycles. The Balaban J connectivity index is 3.19. The van der Waals surface area contributed by atoms with Crippen molar-refractivity contribution in [2.75, 3.05) is 7.11 Å². The van der Waals surface area contributed by atoms with E-state index in [0.29, 0.717) is 12.8 Å². The minimum Gasteiger partial charge on any atom is -0.497 e. The molecule has 0 aliphatic rings. The Morgan fingerprint density at radius 3 is 2.47 bits per heavy atom. The molecule has 0 radical (unpaired) electrons. The van der Waals surface area contributed by atoms with Gasteiger partial charge in [0.05, 0.1) is 24.8 Å². The quantitative estimate of drug-likeness (QED) is 0.870. The van der Waals surface area contributed by atoms with E-state index in [1.807, 2.05) is 6.92 Å². The highest BCUT2D eigenvalue weighted by atomic mass is 19.4. The number of nitrogens with two attached hydrogens (primary N) is 1. The minimum absolute atomic E-state index is 0.105. The Morgan fingerprint density at radius 1 is 1.37 bits per heavy atom. The molecule has 0 aliphatic carbocycles. The van der Waals surface area contributed by atoms with Crippen molar-refractivity contribution in [2.24, 2.45) is 5.73 Å². The molecule has 0 spiro atoms. The molecule has 1 rings (SSSR count). The molecule has 1 aromatic carbocycles. The lowest BCUT2D eigenvalue weighted by Gasteiger charge is -2.23. The molecule has 6 heteroatoms. The van der Waals surface area contributed by atoms with E-state index in [2.05, 4.69) is 0 Å². The zero-order valence-electron chi connectivity index (χ0n) is 10.9. The normalized spacial score (nSPS) is 15.1. The zero-order valence-corrected chi connectivity index (χ0v) is 10.9. The van der Waals surface area contributed by atoms with Crippen LogP contribution in [0.5, 0.6) is 5.75 Å². The SMILES string of the molecule is CCC[C@@H](O)[C@@H](N)c1ccc(OC)cc1C(F)(F)F. The number of halogens is 3. The van der Waals surface area contributed by atoms with Gasteiger partial charge in [0.25, 0.3) is 0 Å². The zero-order chi connectivity index (χ0) is 14.6. The Morgan fingerprint density at radius 2 is 2.00 bits per heavy atom. The van der Waals surface area contributed by atoms with Crippen molar-refractivity contribution < 1.29 is 23.0 Å². The van der Waals surface area contributed by atoms with Gasteiger partial charge in [0, 0.05) is 0 Å². The second-order valence-electron chi connectivity index (χ2n) is 4.33. The summed E-state index contributed by atoms with van der Waals surface area (Å²) in [5.41, 5.74) is 4.74. The highest BCUT2D eigenvalue weighted by Crippen LogP contribution is 2.37. The molecule has 0 amide bonds. The number of methoxy groups -OCH3 is 1. The Hall–Kier alpha value is -1.27. The maximum atomic E-state index is 13.0. The van der Waals surface area contributed by atoms with Crippen LogP contribution in [-0.4, -0.2) is 18.3 Å². The van der Waals surface area contributed by atoms with Crippen molar-refractivity contribution >= 4 is 0 Å². The maximum absolute atomic E-state index is 13.0. The Labute approximate surface area is 110 Å². The van der Waals surface area contributed by atoms with Gasteiger partial charge in [-0.2, -0.15) is 13.2 Å². The van der Waals surface area contributed by atoms with Crippen LogP contribution >= 0.6 is 0 Å². The number of ether oxygens (including phenoxy) is 1. The number of alkyl halides is 3. The fraction of sp³-hybridized carbons (Fsp3) is 0.538. The van der Waals surface area contributed by atoms with E-state index in [1.54, 1.807) is 0 Å². The molecule has 0 saturated carbocycles. The van der Waals surface area contributed by atoms with Gasteiger partial charge in [0.15, 0.2) is 0 Å². The van der Waals surface area contributed by atoms with Crippen molar-refractivity contribution in [1.82, 2.24) is 0 Å². The summed E-state index contributed by atoms with van der Waals surface area (Å²) in [5.74, 6) is 0.105. The molecule has 3 N–H and O–H groups in total. The van der Waals surface area contributed by atoms with Crippen LogP contribution in [0.4, 0.5) is 13.2 Å². The molecule has 0 unspecified atom stereocenters. The lowest BCUT2D eigenvalue weighted by molar-refractivity contribution is -0.138.